The van der Waals surface area contributed by atoms with Crippen LogP contribution in [0.25, 0.3) is 0 Å². The smallest absolute Gasteiger partial charge is 0.264 e. The molecule has 0 radical (unpaired) electrons. The molecule has 39 heavy (non-hydrogen) atoms. The van der Waals surface area contributed by atoms with Crippen molar-refractivity contribution in [3.05, 3.63) is 125 Å². The van der Waals surface area contributed by atoms with E-state index in [1.54, 1.807) is 60.7 Å². The summed E-state index contributed by atoms with van der Waals surface area (Å²) >= 11 is 0. The van der Waals surface area contributed by atoms with Crippen LogP contribution in [-0.4, -0.2) is 20.9 Å². The molecule has 1 N–H and O–H groups in total. The molecule has 0 bridgehead atoms. The van der Waals surface area contributed by atoms with Crippen LogP contribution in [0.15, 0.2) is 95.9 Å². The molecule has 4 aromatic rings. The van der Waals surface area contributed by atoms with E-state index in [1.165, 1.54) is 12.1 Å². The molecule has 0 unspecified atom stereocenters. The predicted molar refractivity (Wildman–Crippen MR) is 151 cm³/mol. The van der Waals surface area contributed by atoms with Crippen LogP contribution < -0.4 is 14.4 Å². The zero-order valence-electron chi connectivity index (χ0n) is 22.1. The van der Waals surface area contributed by atoms with Gasteiger partial charge in [0.1, 0.15) is 24.7 Å². The van der Waals surface area contributed by atoms with Crippen molar-refractivity contribution in [1.82, 2.24) is 5.32 Å². The molecular weight excluding hydrogens is 515 g/mol. The van der Waals surface area contributed by atoms with Gasteiger partial charge < -0.3 is 10.1 Å². The maximum atomic E-state index is 13.6. The molecule has 0 fully saturated rings. The molecular formula is C31H31FN2O4S. The molecule has 1 amide bonds. The minimum Gasteiger partial charge on any atom is -0.489 e. The summed E-state index contributed by atoms with van der Waals surface area (Å²) in [5.41, 5.74) is 5.01. The lowest BCUT2D eigenvalue weighted by Gasteiger charge is -2.25. The highest BCUT2D eigenvalue weighted by molar-refractivity contribution is 7.92. The summed E-state index contributed by atoms with van der Waals surface area (Å²) in [5, 5.41) is 2.82. The fourth-order valence-corrected chi connectivity index (χ4v) is 5.28. The van der Waals surface area contributed by atoms with Gasteiger partial charge in [-0.2, -0.15) is 0 Å². The average Bonchev–Trinajstić information content (AvgIpc) is 2.92. The Morgan fingerprint density at radius 2 is 1.46 bits per heavy atom. The molecule has 0 aliphatic heterocycles. The van der Waals surface area contributed by atoms with Crippen LogP contribution in [0.1, 0.15) is 27.8 Å². The summed E-state index contributed by atoms with van der Waals surface area (Å²) < 4.78 is 47.1. The van der Waals surface area contributed by atoms with Crippen molar-refractivity contribution in [3.8, 4) is 5.75 Å². The van der Waals surface area contributed by atoms with Gasteiger partial charge in [0, 0.05) is 6.54 Å². The summed E-state index contributed by atoms with van der Waals surface area (Å²) in [5.74, 6) is -0.0879. The predicted octanol–water partition coefficient (Wildman–Crippen LogP) is 5.84. The molecule has 0 saturated heterocycles. The van der Waals surface area contributed by atoms with Crippen molar-refractivity contribution in [1.29, 1.82) is 0 Å². The summed E-state index contributed by atoms with van der Waals surface area (Å²) in [7, 11) is -3.98. The molecule has 0 atom stereocenters. The molecule has 0 aliphatic rings. The number of rotatable bonds is 10. The molecule has 0 heterocycles. The van der Waals surface area contributed by atoms with Crippen molar-refractivity contribution >= 4 is 21.6 Å². The first-order valence-electron chi connectivity index (χ1n) is 12.5. The number of halogens is 1. The third-order valence-electron chi connectivity index (χ3n) is 6.41. The highest BCUT2D eigenvalue weighted by Gasteiger charge is 2.27. The van der Waals surface area contributed by atoms with Crippen LogP contribution in [0, 0.1) is 26.6 Å². The Hall–Kier alpha value is -4.17. The normalized spacial score (nSPS) is 11.2. The van der Waals surface area contributed by atoms with Crippen LogP contribution in [-0.2, 0) is 28.0 Å². The third kappa shape index (κ3) is 7.23. The first-order chi connectivity index (χ1) is 18.6. The van der Waals surface area contributed by atoms with E-state index in [9.17, 15) is 17.6 Å². The summed E-state index contributed by atoms with van der Waals surface area (Å²) in [6, 6.07) is 25.2. The van der Waals surface area contributed by atoms with Gasteiger partial charge in [-0.1, -0.05) is 48.0 Å². The lowest BCUT2D eigenvalue weighted by molar-refractivity contribution is -0.119. The van der Waals surface area contributed by atoms with Gasteiger partial charge in [0.05, 0.1) is 10.6 Å². The first kappa shape index (κ1) is 27.9. The molecule has 6 nitrogen and oxygen atoms in total. The molecule has 8 heteroatoms. The SMILES string of the molecule is Cc1ccc(S(=O)(=O)N(CC(=O)NCc2ccc(OCc3ccc(F)cc3)cc2)c2ccc(C)c(C)c2)cc1. The summed E-state index contributed by atoms with van der Waals surface area (Å²) in [6.07, 6.45) is 0. The topological polar surface area (TPSA) is 75.7 Å². The van der Waals surface area contributed by atoms with Gasteiger partial charge in [0.15, 0.2) is 0 Å². The molecule has 0 saturated carbocycles. The van der Waals surface area contributed by atoms with Gasteiger partial charge in [-0.3, -0.25) is 9.10 Å². The maximum Gasteiger partial charge on any atom is 0.264 e. The number of carbonyl (C=O) groups excluding carboxylic acids is 1. The van der Waals surface area contributed by atoms with Crippen molar-refractivity contribution in [2.24, 2.45) is 0 Å². The zero-order valence-corrected chi connectivity index (χ0v) is 23.0. The second kappa shape index (κ2) is 12.1. The lowest BCUT2D eigenvalue weighted by atomic mass is 10.1. The van der Waals surface area contributed by atoms with E-state index >= 15 is 0 Å². The van der Waals surface area contributed by atoms with E-state index in [0.717, 1.165) is 32.1 Å². The fourth-order valence-electron chi connectivity index (χ4n) is 3.87. The number of nitrogens with zero attached hydrogens (tertiary/aromatic N) is 1. The fraction of sp³-hybridized carbons (Fsp3) is 0.194. The monoisotopic (exact) mass is 546 g/mol. The second-order valence-electron chi connectivity index (χ2n) is 9.43. The number of aryl methyl sites for hydroxylation is 3. The van der Waals surface area contributed by atoms with Gasteiger partial charge in [-0.25, -0.2) is 12.8 Å². The number of benzene rings is 4. The summed E-state index contributed by atoms with van der Waals surface area (Å²) in [4.78, 5) is 13.1. The number of hydrogen-bond acceptors (Lipinski definition) is 4. The Balaban J connectivity index is 1.42. The number of amides is 1. The van der Waals surface area contributed by atoms with Crippen LogP contribution in [0.2, 0.25) is 0 Å². The lowest BCUT2D eigenvalue weighted by Crippen LogP contribution is -2.40. The van der Waals surface area contributed by atoms with E-state index < -0.39 is 15.9 Å². The largest absolute Gasteiger partial charge is 0.489 e. The van der Waals surface area contributed by atoms with Crippen LogP contribution in [0.3, 0.4) is 0 Å². The van der Waals surface area contributed by atoms with Gasteiger partial charge in [-0.05, 0) is 91.6 Å². The standard InChI is InChI=1S/C31H31FN2O4S/c1-22-4-16-30(17-5-22)39(36,37)34(28-13-6-23(2)24(3)18-28)20-31(35)33-19-25-9-14-29(15-10-25)38-21-26-7-11-27(32)12-8-26/h4-18H,19-21H2,1-3H3,(H,33,35). The van der Waals surface area contributed by atoms with Gasteiger partial charge in [0.2, 0.25) is 5.91 Å². The zero-order chi connectivity index (χ0) is 28.0. The van der Waals surface area contributed by atoms with E-state index in [4.69, 9.17) is 4.74 Å². The van der Waals surface area contributed by atoms with E-state index in [2.05, 4.69) is 5.32 Å². The van der Waals surface area contributed by atoms with Gasteiger partial charge >= 0.3 is 0 Å². The Morgan fingerprint density at radius 3 is 2.10 bits per heavy atom. The number of sulfonamides is 1. The minimum atomic E-state index is -3.98. The second-order valence-corrected chi connectivity index (χ2v) is 11.3. The number of nitrogens with one attached hydrogen (secondary N) is 1. The maximum absolute atomic E-state index is 13.6. The first-order valence-corrected chi connectivity index (χ1v) is 14.0. The Labute approximate surface area is 229 Å². The molecule has 4 aromatic carbocycles. The number of anilines is 1. The van der Waals surface area contributed by atoms with Crippen molar-refractivity contribution in [2.45, 2.75) is 38.8 Å². The van der Waals surface area contributed by atoms with Crippen molar-refractivity contribution < 1.29 is 22.3 Å². The average molecular weight is 547 g/mol. The molecule has 0 aliphatic carbocycles. The highest BCUT2D eigenvalue weighted by atomic mass is 32.2. The van der Waals surface area contributed by atoms with E-state index in [1.807, 2.05) is 39.0 Å². The van der Waals surface area contributed by atoms with Crippen molar-refractivity contribution in [2.75, 3.05) is 10.8 Å². The van der Waals surface area contributed by atoms with Gasteiger partial charge in [0.25, 0.3) is 10.0 Å². The molecule has 0 spiro atoms. The van der Waals surface area contributed by atoms with Gasteiger partial charge in [-0.15, -0.1) is 0 Å². The van der Waals surface area contributed by atoms with Crippen molar-refractivity contribution in [3.63, 3.8) is 0 Å². The number of hydrogen-bond donors (Lipinski definition) is 1. The van der Waals surface area contributed by atoms with E-state index in [-0.39, 0.29) is 23.8 Å². The molecule has 202 valence electrons. The molecule has 0 aromatic heterocycles. The Kier molecular flexibility index (Phi) is 8.66. The Bertz CT molecular complexity index is 1540. The highest BCUT2D eigenvalue weighted by Crippen LogP contribution is 2.26. The third-order valence-corrected chi connectivity index (χ3v) is 8.19. The number of ether oxygens (including phenoxy) is 1. The van der Waals surface area contributed by atoms with E-state index in [0.29, 0.717) is 18.0 Å². The molecule has 4 rings (SSSR count). The van der Waals surface area contributed by atoms with Crippen LogP contribution in [0.5, 0.6) is 5.75 Å². The minimum absolute atomic E-state index is 0.121. The van der Waals surface area contributed by atoms with Crippen LogP contribution >= 0.6 is 0 Å². The Morgan fingerprint density at radius 1 is 0.821 bits per heavy atom. The number of carbonyl (C=O) groups is 1. The summed E-state index contributed by atoms with van der Waals surface area (Å²) in [6.45, 7) is 5.90. The quantitative estimate of drug-likeness (QED) is 0.271. The van der Waals surface area contributed by atoms with Crippen LogP contribution in [0.4, 0.5) is 10.1 Å².